The van der Waals surface area contributed by atoms with E-state index in [1.165, 1.54) is 19.1 Å². The lowest BCUT2D eigenvalue weighted by Crippen LogP contribution is -2.30. The maximum absolute atomic E-state index is 12.3. The molecule has 0 aliphatic rings. The Bertz CT molecular complexity index is 728. The number of amides is 2. The predicted molar refractivity (Wildman–Crippen MR) is 80.3 cm³/mol. The Morgan fingerprint density at radius 3 is 2.00 bits per heavy atom. The van der Waals surface area contributed by atoms with Gasteiger partial charge in [0.1, 0.15) is 0 Å². The molecule has 0 aliphatic heterocycles. The van der Waals surface area contributed by atoms with E-state index in [0.29, 0.717) is 16.8 Å². The summed E-state index contributed by atoms with van der Waals surface area (Å²) in [6.07, 6.45) is -4.98. The second-order valence-corrected chi connectivity index (χ2v) is 4.75. The third kappa shape index (κ3) is 4.09. The Morgan fingerprint density at radius 1 is 0.870 bits per heavy atom. The molecule has 0 aliphatic carbocycles. The molecule has 2 rings (SSSR count). The Hall–Kier alpha value is -2.83. The van der Waals surface area contributed by atoms with Crippen LogP contribution in [0.3, 0.4) is 0 Å². The number of halogens is 3. The smallest absolute Gasteiger partial charge is 0.322 e. The van der Waals surface area contributed by atoms with E-state index in [1.54, 1.807) is 41.7 Å². The molecule has 2 aromatic carbocycles. The van der Waals surface area contributed by atoms with Crippen LogP contribution in [0, 0.1) is 6.92 Å². The normalized spacial score (nSPS) is 11.0. The molecule has 0 bridgehead atoms. The largest absolute Gasteiger partial charge is 0.471 e. The molecule has 2 amide bonds. The second-order valence-electron chi connectivity index (χ2n) is 4.75. The van der Waals surface area contributed by atoms with Crippen molar-refractivity contribution in [2.75, 3.05) is 10.6 Å². The van der Waals surface area contributed by atoms with Crippen LogP contribution in [0.25, 0.3) is 0 Å². The van der Waals surface area contributed by atoms with E-state index in [9.17, 15) is 22.8 Å². The van der Waals surface area contributed by atoms with Crippen LogP contribution in [0.4, 0.5) is 24.5 Å². The average molecular weight is 322 g/mol. The first-order valence-corrected chi connectivity index (χ1v) is 6.63. The van der Waals surface area contributed by atoms with Crippen molar-refractivity contribution in [2.45, 2.75) is 13.1 Å². The Kier molecular flexibility index (Phi) is 4.68. The average Bonchev–Trinajstić information content (AvgIpc) is 2.51. The van der Waals surface area contributed by atoms with Gasteiger partial charge >= 0.3 is 12.1 Å². The molecule has 7 heteroatoms. The fourth-order valence-corrected chi connectivity index (χ4v) is 1.88. The molecular weight excluding hydrogens is 309 g/mol. The maximum Gasteiger partial charge on any atom is 0.471 e. The van der Waals surface area contributed by atoms with Crippen molar-refractivity contribution in [3.05, 3.63) is 59.7 Å². The van der Waals surface area contributed by atoms with Gasteiger partial charge in [-0.1, -0.05) is 24.3 Å². The van der Waals surface area contributed by atoms with Crippen molar-refractivity contribution in [1.29, 1.82) is 0 Å². The SMILES string of the molecule is Cc1c(NC(=O)c2ccccc2)cccc1NC(=O)C(F)(F)F. The fourth-order valence-electron chi connectivity index (χ4n) is 1.88. The number of carbonyl (C=O) groups is 2. The van der Waals surface area contributed by atoms with Crippen molar-refractivity contribution < 1.29 is 22.8 Å². The third-order valence-corrected chi connectivity index (χ3v) is 3.12. The van der Waals surface area contributed by atoms with Crippen LogP contribution < -0.4 is 10.6 Å². The molecule has 2 N–H and O–H groups in total. The molecule has 0 heterocycles. The molecule has 0 aromatic heterocycles. The summed E-state index contributed by atoms with van der Waals surface area (Å²) in [5.41, 5.74) is 1.04. The van der Waals surface area contributed by atoms with Gasteiger partial charge in [-0.05, 0) is 36.8 Å². The van der Waals surface area contributed by atoms with Gasteiger partial charge in [0, 0.05) is 16.9 Å². The molecular formula is C16H13F3N2O2. The highest BCUT2D eigenvalue weighted by Gasteiger charge is 2.38. The number of carbonyl (C=O) groups excluding carboxylic acids is 2. The van der Waals surface area contributed by atoms with Crippen LogP contribution >= 0.6 is 0 Å². The summed E-state index contributed by atoms with van der Waals surface area (Å²) in [5.74, 6) is -2.46. The highest BCUT2D eigenvalue weighted by atomic mass is 19.4. The number of hydrogen-bond acceptors (Lipinski definition) is 2. The van der Waals surface area contributed by atoms with Crippen molar-refractivity contribution in [3.63, 3.8) is 0 Å². The van der Waals surface area contributed by atoms with Crippen LogP contribution in [0.5, 0.6) is 0 Å². The van der Waals surface area contributed by atoms with E-state index in [4.69, 9.17) is 0 Å². The monoisotopic (exact) mass is 322 g/mol. The summed E-state index contributed by atoms with van der Waals surface area (Å²) in [5, 5.41) is 4.40. The number of nitrogens with one attached hydrogen (secondary N) is 2. The lowest BCUT2D eigenvalue weighted by Gasteiger charge is -2.14. The van der Waals surface area contributed by atoms with Crippen molar-refractivity contribution >= 4 is 23.2 Å². The van der Waals surface area contributed by atoms with Gasteiger partial charge in [0.15, 0.2) is 0 Å². The van der Waals surface area contributed by atoms with Gasteiger partial charge in [0.25, 0.3) is 5.91 Å². The summed E-state index contributed by atoms with van der Waals surface area (Å²) in [6, 6.07) is 12.7. The van der Waals surface area contributed by atoms with Crippen LogP contribution in [0.1, 0.15) is 15.9 Å². The number of rotatable bonds is 3. The summed E-state index contributed by atoms with van der Waals surface area (Å²) >= 11 is 0. The van der Waals surface area contributed by atoms with Gasteiger partial charge in [0.2, 0.25) is 0 Å². The minimum Gasteiger partial charge on any atom is -0.322 e. The van der Waals surface area contributed by atoms with Crippen molar-refractivity contribution in [1.82, 2.24) is 0 Å². The highest BCUT2D eigenvalue weighted by Crippen LogP contribution is 2.26. The summed E-state index contributed by atoms with van der Waals surface area (Å²) < 4.78 is 37.0. The van der Waals surface area contributed by atoms with E-state index in [0.717, 1.165) is 0 Å². The van der Waals surface area contributed by atoms with Crippen LogP contribution in [-0.4, -0.2) is 18.0 Å². The lowest BCUT2D eigenvalue weighted by atomic mass is 10.1. The Labute approximate surface area is 130 Å². The molecule has 0 spiro atoms. The zero-order valence-electron chi connectivity index (χ0n) is 12.1. The molecule has 4 nitrogen and oxygen atoms in total. The standard InChI is InChI=1S/C16H13F3N2O2/c1-10-12(20-14(22)11-6-3-2-4-7-11)8-5-9-13(10)21-15(23)16(17,18)19/h2-9H,1H3,(H,20,22)(H,21,23). The number of alkyl halides is 3. The predicted octanol–water partition coefficient (Wildman–Crippen LogP) is 3.75. The van der Waals surface area contributed by atoms with Gasteiger partial charge in [-0.2, -0.15) is 13.2 Å². The maximum atomic E-state index is 12.3. The zero-order valence-corrected chi connectivity index (χ0v) is 12.1. The quantitative estimate of drug-likeness (QED) is 0.904. The van der Waals surface area contributed by atoms with E-state index in [2.05, 4.69) is 5.32 Å². The molecule has 0 unspecified atom stereocenters. The first-order valence-electron chi connectivity index (χ1n) is 6.63. The Balaban J connectivity index is 2.20. The molecule has 0 saturated heterocycles. The first-order chi connectivity index (χ1) is 10.8. The van der Waals surface area contributed by atoms with Crippen LogP contribution in [0.2, 0.25) is 0 Å². The molecule has 2 aromatic rings. The lowest BCUT2D eigenvalue weighted by molar-refractivity contribution is -0.167. The summed E-state index contributed by atoms with van der Waals surface area (Å²) in [6.45, 7) is 1.51. The van der Waals surface area contributed by atoms with E-state index in [-0.39, 0.29) is 5.69 Å². The number of hydrogen-bond donors (Lipinski definition) is 2. The third-order valence-electron chi connectivity index (χ3n) is 3.12. The molecule has 120 valence electrons. The van der Waals surface area contributed by atoms with Gasteiger partial charge in [-0.15, -0.1) is 0 Å². The van der Waals surface area contributed by atoms with Gasteiger partial charge < -0.3 is 10.6 Å². The molecule has 0 atom stereocenters. The van der Waals surface area contributed by atoms with E-state index in [1.807, 2.05) is 0 Å². The van der Waals surface area contributed by atoms with Crippen molar-refractivity contribution in [2.24, 2.45) is 0 Å². The molecule has 0 saturated carbocycles. The first kappa shape index (κ1) is 16.5. The minimum absolute atomic E-state index is 0.0156. The number of benzene rings is 2. The Morgan fingerprint density at radius 2 is 1.43 bits per heavy atom. The molecule has 0 radical (unpaired) electrons. The molecule has 0 fully saturated rings. The zero-order chi connectivity index (χ0) is 17.0. The van der Waals surface area contributed by atoms with E-state index < -0.39 is 18.0 Å². The van der Waals surface area contributed by atoms with Crippen LogP contribution in [-0.2, 0) is 4.79 Å². The minimum atomic E-state index is -4.98. The van der Waals surface area contributed by atoms with Crippen LogP contribution in [0.15, 0.2) is 48.5 Å². The van der Waals surface area contributed by atoms with Crippen molar-refractivity contribution in [3.8, 4) is 0 Å². The second kappa shape index (κ2) is 6.51. The summed E-state index contributed by atoms with van der Waals surface area (Å²) in [4.78, 5) is 23.1. The highest BCUT2D eigenvalue weighted by molar-refractivity contribution is 6.05. The fraction of sp³-hybridized carbons (Fsp3) is 0.125. The van der Waals surface area contributed by atoms with Gasteiger partial charge in [-0.25, -0.2) is 0 Å². The van der Waals surface area contributed by atoms with Gasteiger partial charge in [0.05, 0.1) is 0 Å². The topological polar surface area (TPSA) is 58.2 Å². The molecule has 23 heavy (non-hydrogen) atoms. The van der Waals surface area contributed by atoms with E-state index >= 15 is 0 Å². The summed E-state index contributed by atoms with van der Waals surface area (Å²) in [7, 11) is 0. The number of anilines is 2. The van der Waals surface area contributed by atoms with Gasteiger partial charge in [-0.3, -0.25) is 9.59 Å².